The third kappa shape index (κ3) is 6.70. The summed E-state index contributed by atoms with van der Waals surface area (Å²) >= 11 is 1.31. The van der Waals surface area contributed by atoms with Crippen molar-refractivity contribution in [3.05, 3.63) is 78.6 Å². The topological polar surface area (TPSA) is 84.0 Å². The number of nitrogens with zero attached hydrogens (tertiary/aromatic N) is 5. The van der Waals surface area contributed by atoms with E-state index in [1.54, 1.807) is 11.0 Å². The second-order valence-corrected chi connectivity index (χ2v) is 8.10. The standard InChI is InChI=1S/C25H27N5O2S/c1-3-16-30-23(18-32-22-13-11-20(4-2)12-14-22)27-28-25(30)33-19-24(31)29(17-8-15-26)21-9-6-5-7-10-21/h3,5-7,9-14H,1,4,8,16-19H2,2H3. The summed E-state index contributed by atoms with van der Waals surface area (Å²) in [7, 11) is 0. The number of ether oxygens (including phenoxy) is 1. The van der Waals surface area contributed by atoms with Crippen molar-refractivity contribution in [2.75, 3.05) is 17.2 Å². The van der Waals surface area contributed by atoms with E-state index in [0.29, 0.717) is 24.1 Å². The number of rotatable bonds is 12. The van der Waals surface area contributed by atoms with Gasteiger partial charge in [-0.05, 0) is 36.2 Å². The number of thioether (sulfide) groups is 1. The predicted molar refractivity (Wildman–Crippen MR) is 130 cm³/mol. The zero-order valence-corrected chi connectivity index (χ0v) is 19.5. The van der Waals surface area contributed by atoms with Gasteiger partial charge in [-0.3, -0.25) is 9.36 Å². The second-order valence-electron chi connectivity index (χ2n) is 7.16. The Morgan fingerprint density at radius 3 is 2.64 bits per heavy atom. The predicted octanol–water partition coefficient (Wildman–Crippen LogP) is 4.64. The molecule has 1 heterocycles. The number of hydrogen-bond donors (Lipinski definition) is 0. The molecule has 1 amide bonds. The average Bonchev–Trinajstić information content (AvgIpc) is 3.24. The van der Waals surface area contributed by atoms with Crippen LogP contribution in [0.5, 0.6) is 5.75 Å². The Morgan fingerprint density at radius 1 is 1.21 bits per heavy atom. The number of amides is 1. The Morgan fingerprint density at radius 2 is 1.97 bits per heavy atom. The molecule has 0 aliphatic carbocycles. The number of nitriles is 1. The summed E-state index contributed by atoms with van der Waals surface area (Å²) in [6, 6.07) is 19.5. The van der Waals surface area contributed by atoms with Crippen LogP contribution >= 0.6 is 11.8 Å². The van der Waals surface area contributed by atoms with E-state index in [1.807, 2.05) is 59.2 Å². The van der Waals surface area contributed by atoms with Crippen molar-refractivity contribution in [1.82, 2.24) is 14.8 Å². The maximum absolute atomic E-state index is 13.0. The monoisotopic (exact) mass is 461 g/mol. The number of aryl methyl sites for hydroxylation is 1. The number of anilines is 1. The van der Waals surface area contributed by atoms with E-state index in [4.69, 9.17) is 10.00 Å². The van der Waals surface area contributed by atoms with Crippen LogP contribution in [0.3, 0.4) is 0 Å². The van der Waals surface area contributed by atoms with Crippen LogP contribution in [-0.2, 0) is 24.4 Å². The summed E-state index contributed by atoms with van der Waals surface area (Å²) in [6.45, 7) is 7.04. The zero-order chi connectivity index (χ0) is 23.5. The molecule has 7 nitrogen and oxygen atoms in total. The fourth-order valence-electron chi connectivity index (χ4n) is 3.19. The van der Waals surface area contributed by atoms with Crippen LogP contribution in [0, 0.1) is 11.3 Å². The number of carbonyl (C=O) groups is 1. The first kappa shape index (κ1) is 24.1. The molecular formula is C25H27N5O2S. The van der Waals surface area contributed by atoms with Gasteiger partial charge in [0.05, 0.1) is 18.2 Å². The minimum absolute atomic E-state index is 0.0941. The Balaban J connectivity index is 1.67. The second kappa shape index (κ2) is 12.5. The first-order valence-electron chi connectivity index (χ1n) is 10.8. The Kier molecular flexibility index (Phi) is 9.09. The molecule has 0 fully saturated rings. The minimum Gasteiger partial charge on any atom is -0.486 e. The molecule has 0 spiro atoms. The van der Waals surface area contributed by atoms with E-state index in [0.717, 1.165) is 17.9 Å². The van der Waals surface area contributed by atoms with Crippen molar-refractivity contribution in [2.24, 2.45) is 0 Å². The highest BCUT2D eigenvalue weighted by atomic mass is 32.2. The fourth-order valence-corrected chi connectivity index (χ4v) is 4.03. The summed E-state index contributed by atoms with van der Waals surface area (Å²) in [5, 5.41) is 18.1. The van der Waals surface area contributed by atoms with Crippen molar-refractivity contribution >= 4 is 23.4 Å². The summed E-state index contributed by atoms with van der Waals surface area (Å²) < 4.78 is 7.78. The number of carbonyl (C=O) groups excluding carboxylic acids is 1. The number of para-hydroxylation sites is 1. The molecule has 2 aromatic carbocycles. The molecule has 8 heteroatoms. The first-order chi connectivity index (χ1) is 16.2. The summed E-state index contributed by atoms with van der Waals surface area (Å²) in [6.07, 6.45) is 3.00. The highest BCUT2D eigenvalue weighted by Gasteiger charge is 2.19. The zero-order valence-electron chi connectivity index (χ0n) is 18.7. The van der Waals surface area contributed by atoms with Crippen molar-refractivity contribution < 1.29 is 9.53 Å². The molecular weight excluding hydrogens is 434 g/mol. The van der Waals surface area contributed by atoms with Crippen molar-refractivity contribution in [3.8, 4) is 11.8 Å². The molecule has 0 bridgehead atoms. The van der Waals surface area contributed by atoms with Crippen molar-refractivity contribution in [3.63, 3.8) is 0 Å². The summed E-state index contributed by atoms with van der Waals surface area (Å²) in [5.41, 5.74) is 2.02. The van der Waals surface area contributed by atoms with Gasteiger partial charge in [0.25, 0.3) is 0 Å². The molecule has 0 aliphatic rings. The van der Waals surface area contributed by atoms with E-state index in [1.165, 1.54) is 17.3 Å². The van der Waals surface area contributed by atoms with Crippen LogP contribution in [-0.4, -0.2) is 33.0 Å². The quantitative estimate of drug-likeness (QED) is 0.288. The van der Waals surface area contributed by atoms with Gasteiger partial charge >= 0.3 is 0 Å². The summed E-state index contributed by atoms with van der Waals surface area (Å²) in [5.74, 6) is 1.51. The van der Waals surface area contributed by atoms with Crippen LogP contribution in [0.2, 0.25) is 0 Å². The molecule has 0 unspecified atom stereocenters. The van der Waals surface area contributed by atoms with Gasteiger partial charge in [0.2, 0.25) is 5.91 Å². The number of hydrogen-bond acceptors (Lipinski definition) is 6. The fraction of sp³-hybridized carbons (Fsp3) is 0.280. The Bertz CT molecular complexity index is 1090. The smallest absolute Gasteiger partial charge is 0.237 e. The minimum atomic E-state index is -0.0941. The van der Waals surface area contributed by atoms with E-state index < -0.39 is 0 Å². The van der Waals surface area contributed by atoms with Gasteiger partial charge in [-0.25, -0.2) is 0 Å². The highest BCUT2D eigenvalue weighted by Crippen LogP contribution is 2.22. The van der Waals surface area contributed by atoms with Crippen LogP contribution in [0.15, 0.2) is 72.4 Å². The van der Waals surface area contributed by atoms with Crippen molar-refractivity contribution in [1.29, 1.82) is 5.26 Å². The number of allylic oxidation sites excluding steroid dienone is 1. The molecule has 0 N–H and O–H groups in total. The maximum Gasteiger partial charge on any atom is 0.237 e. The Hall–Kier alpha value is -3.57. The summed E-state index contributed by atoms with van der Waals surface area (Å²) in [4.78, 5) is 14.6. The molecule has 3 rings (SSSR count). The molecule has 3 aromatic rings. The van der Waals surface area contributed by atoms with Gasteiger partial charge in [0, 0.05) is 18.8 Å². The largest absolute Gasteiger partial charge is 0.486 e. The Labute approximate surface area is 198 Å². The van der Waals surface area contributed by atoms with Crippen LogP contribution in [0.25, 0.3) is 0 Å². The van der Waals surface area contributed by atoms with Crippen molar-refractivity contribution in [2.45, 2.75) is 38.1 Å². The van der Waals surface area contributed by atoms with Crippen LogP contribution in [0.1, 0.15) is 24.7 Å². The van der Waals surface area contributed by atoms with Crippen LogP contribution in [0.4, 0.5) is 5.69 Å². The normalized spacial score (nSPS) is 10.4. The average molecular weight is 462 g/mol. The van der Waals surface area contributed by atoms with Gasteiger partial charge in [-0.15, -0.1) is 16.8 Å². The third-order valence-corrected chi connectivity index (χ3v) is 5.90. The molecule has 0 saturated heterocycles. The molecule has 0 atom stereocenters. The highest BCUT2D eigenvalue weighted by molar-refractivity contribution is 7.99. The third-order valence-electron chi connectivity index (χ3n) is 4.95. The van der Waals surface area contributed by atoms with E-state index in [9.17, 15) is 4.79 Å². The van der Waals surface area contributed by atoms with Gasteiger partial charge < -0.3 is 9.64 Å². The lowest BCUT2D eigenvalue weighted by Crippen LogP contribution is -2.33. The maximum atomic E-state index is 13.0. The van der Waals surface area contributed by atoms with Gasteiger partial charge in [-0.1, -0.05) is 55.1 Å². The molecule has 0 aliphatic heterocycles. The van der Waals surface area contributed by atoms with E-state index in [-0.39, 0.29) is 24.7 Å². The molecule has 1 aromatic heterocycles. The SMILES string of the molecule is C=CCn1c(COc2ccc(CC)cc2)nnc1SCC(=O)N(CCC#N)c1ccccc1. The van der Waals surface area contributed by atoms with Gasteiger partial charge in [-0.2, -0.15) is 5.26 Å². The molecule has 170 valence electrons. The first-order valence-corrected chi connectivity index (χ1v) is 11.7. The molecule has 0 saturated carbocycles. The lowest BCUT2D eigenvalue weighted by molar-refractivity contribution is -0.116. The lowest BCUT2D eigenvalue weighted by Gasteiger charge is -2.21. The lowest BCUT2D eigenvalue weighted by atomic mass is 10.2. The number of benzene rings is 2. The molecule has 33 heavy (non-hydrogen) atoms. The van der Waals surface area contributed by atoms with Gasteiger partial charge in [0.15, 0.2) is 11.0 Å². The number of aromatic nitrogens is 3. The van der Waals surface area contributed by atoms with Gasteiger partial charge in [0.1, 0.15) is 12.4 Å². The van der Waals surface area contributed by atoms with E-state index >= 15 is 0 Å². The van der Waals surface area contributed by atoms with E-state index in [2.05, 4.69) is 29.8 Å². The molecule has 0 radical (unpaired) electrons. The van der Waals surface area contributed by atoms with Crippen LogP contribution < -0.4 is 9.64 Å².